The van der Waals surface area contributed by atoms with Crippen LogP contribution in [0.2, 0.25) is 0 Å². The van der Waals surface area contributed by atoms with Crippen LogP contribution in [0.25, 0.3) is 0 Å². The summed E-state index contributed by atoms with van der Waals surface area (Å²) in [4.78, 5) is 25.7. The first-order valence-corrected chi connectivity index (χ1v) is 12.0. The second-order valence-corrected chi connectivity index (χ2v) is 11.1. The summed E-state index contributed by atoms with van der Waals surface area (Å²) in [5.74, 6) is -0.151. The highest BCUT2D eigenvalue weighted by atomic mass is 16.2. The zero-order valence-electron chi connectivity index (χ0n) is 21.4. The topological polar surface area (TPSA) is 80.1 Å². The Balaban J connectivity index is 1.77. The van der Waals surface area contributed by atoms with Gasteiger partial charge in [0.2, 0.25) is 0 Å². The number of nitrogens with one attached hydrogen (secondary N) is 1. The number of rotatable bonds is 14. The van der Waals surface area contributed by atoms with E-state index in [9.17, 15) is 9.59 Å². The molecule has 2 heterocycles. The van der Waals surface area contributed by atoms with Crippen molar-refractivity contribution in [2.75, 3.05) is 54.4 Å². The van der Waals surface area contributed by atoms with E-state index < -0.39 is 5.54 Å². The lowest BCUT2D eigenvalue weighted by Crippen LogP contribution is -2.43. The first-order chi connectivity index (χ1) is 14.9. The number of aromatic nitrogens is 3. The van der Waals surface area contributed by atoms with Gasteiger partial charge in [0, 0.05) is 13.0 Å². The molecule has 182 valence electrons. The molecule has 1 aliphatic heterocycles. The van der Waals surface area contributed by atoms with Crippen LogP contribution in [-0.4, -0.2) is 101 Å². The van der Waals surface area contributed by atoms with E-state index in [0.717, 1.165) is 47.3 Å². The predicted octanol–water partition coefficient (Wildman–Crippen LogP) is 2.23. The fourth-order valence-electron chi connectivity index (χ4n) is 4.17. The number of nitrogens with zero attached hydrogens (tertiary/aromatic N) is 6. The van der Waals surface area contributed by atoms with Gasteiger partial charge in [-0.3, -0.25) is 9.69 Å². The predicted molar refractivity (Wildman–Crippen MR) is 126 cm³/mol. The summed E-state index contributed by atoms with van der Waals surface area (Å²) in [7, 11) is 8.86. The van der Waals surface area contributed by atoms with Crippen molar-refractivity contribution in [3.8, 4) is 0 Å². The highest BCUT2D eigenvalue weighted by Crippen LogP contribution is 2.17. The monoisotopic (exact) mass is 451 g/mol. The summed E-state index contributed by atoms with van der Waals surface area (Å²) >= 11 is 0. The summed E-state index contributed by atoms with van der Waals surface area (Å²) in [5, 5.41) is 11.4. The number of amides is 3. The number of carbonyl (C=O) groups excluding carboxylic acids is 2. The van der Waals surface area contributed by atoms with Crippen LogP contribution in [0.4, 0.5) is 4.79 Å². The average molecular weight is 452 g/mol. The molecule has 0 spiro atoms. The molecule has 32 heavy (non-hydrogen) atoms. The molecule has 1 N–H and O–H groups in total. The molecule has 0 radical (unpaired) electrons. The lowest BCUT2D eigenvalue weighted by atomic mass is 10.1. The minimum absolute atomic E-state index is 0.151. The molecular formula is C23H45N7O2+2. The molecule has 1 aliphatic rings. The van der Waals surface area contributed by atoms with Crippen LogP contribution < -0.4 is 5.32 Å². The number of urea groups is 1. The van der Waals surface area contributed by atoms with Crippen LogP contribution in [0.1, 0.15) is 58.6 Å². The van der Waals surface area contributed by atoms with Gasteiger partial charge in [-0.2, -0.15) is 0 Å². The smallest absolute Gasteiger partial charge is 0.325 e. The molecular weight excluding hydrogens is 406 g/mol. The number of quaternary nitrogens is 2. The molecule has 1 fully saturated rings. The fraction of sp³-hybridized carbons (Fsp3) is 0.826. The lowest BCUT2D eigenvalue weighted by molar-refractivity contribution is -0.904. The van der Waals surface area contributed by atoms with Crippen LogP contribution in [0.15, 0.2) is 6.20 Å². The molecule has 0 bridgehead atoms. The number of unbranched alkanes of at least 4 members (excludes halogenated alkanes) is 3. The van der Waals surface area contributed by atoms with Crippen molar-refractivity contribution in [2.24, 2.45) is 0 Å². The molecule has 9 nitrogen and oxygen atoms in total. The first kappa shape index (κ1) is 26.3. The van der Waals surface area contributed by atoms with Crippen molar-refractivity contribution < 1.29 is 18.6 Å². The molecule has 0 unspecified atom stereocenters. The zero-order valence-corrected chi connectivity index (χ0v) is 21.4. The SMILES string of the molecule is CCCCCC[N+](C)(C)CCn1cc(C[N+](C)(C)CCCN2C(=O)NC(C)(C)C2=O)nn1. The first-order valence-electron chi connectivity index (χ1n) is 12.0. The summed E-state index contributed by atoms with van der Waals surface area (Å²) in [5.41, 5.74) is 0.169. The third kappa shape index (κ3) is 7.85. The van der Waals surface area contributed by atoms with Gasteiger partial charge in [0.25, 0.3) is 5.91 Å². The van der Waals surface area contributed by atoms with E-state index in [-0.39, 0.29) is 11.9 Å². The Kier molecular flexibility index (Phi) is 8.82. The number of imide groups is 1. The Hall–Kier alpha value is -2.00. The van der Waals surface area contributed by atoms with E-state index in [4.69, 9.17) is 0 Å². The van der Waals surface area contributed by atoms with Crippen LogP contribution in [0, 0.1) is 0 Å². The van der Waals surface area contributed by atoms with Gasteiger partial charge < -0.3 is 14.3 Å². The van der Waals surface area contributed by atoms with Crippen LogP contribution in [0.5, 0.6) is 0 Å². The summed E-state index contributed by atoms with van der Waals surface area (Å²) in [6.45, 7) is 10.9. The van der Waals surface area contributed by atoms with Gasteiger partial charge in [0.1, 0.15) is 17.8 Å². The van der Waals surface area contributed by atoms with E-state index in [1.165, 1.54) is 37.1 Å². The number of hydrogen-bond donors (Lipinski definition) is 1. The van der Waals surface area contributed by atoms with Crippen molar-refractivity contribution in [1.82, 2.24) is 25.2 Å². The Morgan fingerprint density at radius 1 is 0.938 bits per heavy atom. The minimum Gasteiger partial charge on any atom is -0.327 e. The Morgan fingerprint density at radius 3 is 2.25 bits per heavy atom. The molecule has 0 aromatic carbocycles. The second kappa shape index (κ2) is 10.7. The molecule has 0 saturated carbocycles. The van der Waals surface area contributed by atoms with E-state index in [0.29, 0.717) is 6.54 Å². The summed E-state index contributed by atoms with van der Waals surface area (Å²) in [6.07, 6.45) is 7.98. The van der Waals surface area contributed by atoms with Gasteiger partial charge in [-0.25, -0.2) is 9.48 Å². The van der Waals surface area contributed by atoms with Crippen molar-refractivity contribution >= 4 is 11.9 Å². The largest absolute Gasteiger partial charge is 0.327 e. The Bertz CT molecular complexity index is 770. The number of likely N-dealkylation sites (N-methyl/N-ethyl adjacent to an activating group) is 1. The van der Waals surface area contributed by atoms with Gasteiger partial charge in [-0.1, -0.05) is 25.0 Å². The maximum absolute atomic E-state index is 12.3. The molecule has 1 aromatic heterocycles. The molecule has 3 amide bonds. The zero-order chi connectivity index (χ0) is 24.0. The van der Waals surface area contributed by atoms with E-state index in [1.54, 1.807) is 13.8 Å². The van der Waals surface area contributed by atoms with E-state index in [1.807, 2.05) is 4.68 Å². The van der Waals surface area contributed by atoms with Crippen LogP contribution in [-0.2, 0) is 17.9 Å². The number of carbonyl (C=O) groups is 2. The molecule has 0 aliphatic carbocycles. The maximum atomic E-state index is 12.3. The quantitative estimate of drug-likeness (QED) is 0.267. The van der Waals surface area contributed by atoms with Crippen molar-refractivity contribution in [3.63, 3.8) is 0 Å². The standard InChI is InChI=1S/C23H44N7O2/c1-8-9-10-11-15-29(4,5)17-14-27-18-20(25-26-27)19-30(6,7)16-12-13-28-21(31)23(2,3)24-22(28)32/h18H,8-17,19H2,1-7H3/q+1/p+1. The highest BCUT2D eigenvalue weighted by molar-refractivity contribution is 6.06. The van der Waals surface area contributed by atoms with Crippen LogP contribution >= 0.6 is 0 Å². The van der Waals surface area contributed by atoms with Crippen molar-refractivity contribution in [3.05, 3.63) is 11.9 Å². The molecule has 2 rings (SSSR count). The van der Waals surface area contributed by atoms with Gasteiger partial charge >= 0.3 is 6.03 Å². The molecule has 1 aromatic rings. The third-order valence-electron chi connectivity index (χ3n) is 6.32. The Labute approximate surface area is 193 Å². The van der Waals surface area contributed by atoms with E-state index in [2.05, 4.69) is 56.9 Å². The second-order valence-electron chi connectivity index (χ2n) is 11.1. The normalized spacial score (nSPS) is 16.7. The van der Waals surface area contributed by atoms with Gasteiger partial charge in [0.15, 0.2) is 0 Å². The average Bonchev–Trinajstić information content (AvgIpc) is 3.20. The maximum Gasteiger partial charge on any atom is 0.325 e. The van der Waals surface area contributed by atoms with Crippen molar-refractivity contribution in [2.45, 2.75) is 71.5 Å². The van der Waals surface area contributed by atoms with Gasteiger partial charge in [0.05, 0.1) is 60.6 Å². The summed E-state index contributed by atoms with van der Waals surface area (Å²) in [6, 6.07) is -0.292. The molecule has 0 atom stereocenters. The van der Waals surface area contributed by atoms with Gasteiger partial charge in [-0.15, -0.1) is 5.10 Å². The third-order valence-corrected chi connectivity index (χ3v) is 6.32. The minimum atomic E-state index is -0.803. The lowest BCUT2D eigenvalue weighted by Gasteiger charge is -2.30. The van der Waals surface area contributed by atoms with Crippen LogP contribution in [0.3, 0.4) is 0 Å². The highest BCUT2D eigenvalue weighted by Gasteiger charge is 2.43. The van der Waals surface area contributed by atoms with E-state index >= 15 is 0 Å². The Morgan fingerprint density at radius 2 is 1.62 bits per heavy atom. The van der Waals surface area contributed by atoms with Crippen molar-refractivity contribution in [1.29, 1.82) is 0 Å². The number of hydrogen-bond acceptors (Lipinski definition) is 4. The summed E-state index contributed by atoms with van der Waals surface area (Å²) < 4.78 is 3.68. The molecule has 1 saturated heterocycles. The molecule has 9 heteroatoms. The fourth-order valence-corrected chi connectivity index (χ4v) is 4.17. The van der Waals surface area contributed by atoms with Gasteiger partial charge in [-0.05, 0) is 26.7 Å².